The van der Waals surface area contributed by atoms with Crippen molar-refractivity contribution >= 4 is 0 Å². The quantitative estimate of drug-likeness (QED) is 0.877. The first-order valence-corrected chi connectivity index (χ1v) is 6.76. The molecule has 1 aliphatic heterocycles. The van der Waals surface area contributed by atoms with E-state index in [1.807, 2.05) is 25.1 Å². The summed E-state index contributed by atoms with van der Waals surface area (Å²) in [6.07, 6.45) is 0. The lowest BCUT2D eigenvalue weighted by Gasteiger charge is -2.30. The fourth-order valence-electron chi connectivity index (χ4n) is 2.00. The summed E-state index contributed by atoms with van der Waals surface area (Å²) in [5.41, 5.74) is 0.377. The van der Waals surface area contributed by atoms with E-state index in [1.165, 1.54) is 0 Å². The van der Waals surface area contributed by atoms with Crippen molar-refractivity contribution < 1.29 is 14.6 Å². The van der Waals surface area contributed by atoms with Crippen LogP contribution in [0.15, 0.2) is 18.2 Å². The van der Waals surface area contributed by atoms with Crippen molar-refractivity contribution in [2.24, 2.45) is 0 Å². The van der Waals surface area contributed by atoms with Crippen LogP contribution < -0.4 is 14.8 Å². The number of rotatable bonds is 4. The Labute approximate surface area is 114 Å². The third kappa shape index (κ3) is 3.39. The predicted molar refractivity (Wildman–Crippen MR) is 74.7 cm³/mol. The molecule has 0 fully saturated rings. The minimum Gasteiger partial charge on any atom is -0.486 e. The van der Waals surface area contributed by atoms with Crippen molar-refractivity contribution in [1.82, 2.24) is 5.32 Å². The Bertz CT molecular complexity index is 440. The number of benzene rings is 1. The van der Waals surface area contributed by atoms with E-state index >= 15 is 0 Å². The van der Waals surface area contributed by atoms with Gasteiger partial charge in [0.25, 0.3) is 0 Å². The summed E-state index contributed by atoms with van der Waals surface area (Å²) in [6.45, 7) is 8.87. The molecular weight excluding hydrogens is 242 g/mol. The fourth-order valence-corrected chi connectivity index (χ4v) is 2.00. The summed E-state index contributed by atoms with van der Waals surface area (Å²) >= 11 is 0. The molecule has 1 aromatic rings. The molecule has 1 aromatic carbocycles. The molecule has 1 heterocycles. The van der Waals surface area contributed by atoms with Crippen LogP contribution in [0, 0.1) is 0 Å². The highest BCUT2D eigenvalue weighted by atomic mass is 16.6. The van der Waals surface area contributed by atoms with Crippen molar-refractivity contribution in [3.05, 3.63) is 23.8 Å². The summed E-state index contributed by atoms with van der Waals surface area (Å²) in [6, 6.07) is 6.11. The lowest BCUT2D eigenvalue weighted by Crippen LogP contribution is -2.45. The van der Waals surface area contributed by atoms with E-state index < -0.39 is 5.60 Å². The third-order valence-corrected chi connectivity index (χ3v) is 3.63. The second-order valence-corrected chi connectivity index (χ2v) is 5.67. The summed E-state index contributed by atoms with van der Waals surface area (Å²) in [5.74, 6) is 1.60. The molecule has 0 saturated carbocycles. The molecule has 0 spiro atoms. The zero-order valence-corrected chi connectivity index (χ0v) is 12.1. The number of hydrogen-bond acceptors (Lipinski definition) is 4. The second kappa shape index (κ2) is 5.39. The molecule has 1 aliphatic rings. The molecule has 2 unspecified atom stereocenters. The Morgan fingerprint density at radius 2 is 1.79 bits per heavy atom. The van der Waals surface area contributed by atoms with Gasteiger partial charge in [-0.1, -0.05) is 6.07 Å². The Morgan fingerprint density at radius 3 is 2.42 bits per heavy atom. The highest BCUT2D eigenvalue weighted by molar-refractivity contribution is 5.44. The van der Waals surface area contributed by atoms with Crippen LogP contribution in [0.1, 0.15) is 39.3 Å². The summed E-state index contributed by atoms with van der Waals surface area (Å²) < 4.78 is 11.1. The molecule has 0 aliphatic carbocycles. The van der Waals surface area contributed by atoms with Gasteiger partial charge >= 0.3 is 0 Å². The molecule has 2 N–H and O–H groups in total. The maximum absolute atomic E-state index is 9.97. The van der Waals surface area contributed by atoms with E-state index in [1.54, 1.807) is 13.8 Å². The van der Waals surface area contributed by atoms with Crippen LogP contribution in [0.2, 0.25) is 0 Å². The number of nitrogens with one attached hydrogen (secondary N) is 1. The van der Waals surface area contributed by atoms with E-state index in [4.69, 9.17) is 9.47 Å². The molecule has 2 atom stereocenters. The van der Waals surface area contributed by atoms with Crippen LogP contribution in [0.25, 0.3) is 0 Å². The number of aliphatic hydroxyl groups is 1. The van der Waals surface area contributed by atoms with E-state index in [0.717, 1.165) is 17.1 Å². The lowest BCUT2D eigenvalue weighted by atomic mass is 9.98. The van der Waals surface area contributed by atoms with Gasteiger partial charge in [-0.2, -0.15) is 0 Å². The molecular formula is C15H23NO3. The monoisotopic (exact) mass is 265 g/mol. The predicted octanol–water partition coefficient (Wildman–Crippen LogP) is 2.27. The van der Waals surface area contributed by atoms with Crippen LogP contribution in [-0.2, 0) is 0 Å². The summed E-state index contributed by atoms with van der Waals surface area (Å²) in [7, 11) is 0. The fraction of sp³-hybridized carbons (Fsp3) is 0.600. The zero-order valence-electron chi connectivity index (χ0n) is 12.1. The Hall–Kier alpha value is -1.26. The van der Waals surface area contributed by atoms with Gasteiger partial charge in [-0.3, -0.25) is 0 Å². The highest BCUT2D eigenvalue weighted by Gasteiger charge is 2.24. The smallest absolute Gasteiger partial charge is 0.161 e. The average molecular weight is 265 g/mol. The SMILES string of the molecule is CC(NC(C)C(C)(C)O)c1ccc2c(c1)OCCO2. The largest absolute Gasteiger partial charge is 0.486 e. The van der Waals surface area contributed by atoms with Crippen molar-refractivity contribution in [2.45, 2.75) is 45.4 Å². The van der Waals surface area contributed by atoms with Crippen molar-refractivity contribution in [3.8, 4) is 11.5 Å². The number of fused-ring (bicyclic) bond motifs is 1. The van der Waals surface area contributed by atoms with Crippen LogP contribution in [0.5, 0.6) is 11.5 Å². The first-order chi connectivity index (χ1) is 8.88. The van der Waals surface area contributed by atoms with Gasteiger partial charge in [0.1, 0.15) is 13.2 Å². The standard InChI is InChI=1S/C15H23NO3/c1-10(16-11(2)15(3,4)17)12-5-6-13-14(9-12)19-8-7-18-13/h5-6,9-11,16-17H,7-8H2,1-4H3. The van der Waals surface area contributed by atoms with E-state index in [2.05, 4.69) is 12.2 Å². The van der Waals surface area contributed by atoms with E-state index in [-0.39, 0.29) is 12.1 Å². The van der Waals surface area contributed by atoms with Crippen LogP contribution in [0.4, 0.5) is 0 Å². The first-order valence-electron chi connectivity index (χ1n) is 6.76. The molecule has 0 radical (unpaired) electrons. The Balaban J connectivity index is 2.09. The van der Waals surface area contributed by atoms with Gasteiger partial charge in [-0.05, 0) is 45.4 Å². The van der Waals surface area contributed by atoms with Gasteiger partial charge < -0.3 is 19.9 Å². The molecule has 106 valence electrons. The van der Waals surface area contributed by atoms with E-state index in [9.17, 15) is 5.11 Å². The lowest BCUT2D eigenvalue weighted by molar-refractivity contribution is 0.0405. The van der Waals surface area contributed by atoms with Crippen LogP contribution in [-0.4, -0.2) is 30.0 Å². The van der Waals surface area contributed by atoms with Crippen LogP contribution >= 0.6 is 0 Å². The summed E-state index contributed by atoms with van der Waals surface area (Å²) in [4.78, 5) is 0. The molecule has 0 bridgehead atoms. The van der Waals surface area contributed by atoms with Gasteiger partial charge in [0, 0.05) is 12.1 Å². The summed E-state index contributed by atoms with van der Waals surface area (Å²) in [5, 5.41) is 13.4. The zero-order chi connectivity index (χ0) is 14.0. The number of hydrogen-bond donors (Lipinski definition) is 2. The van der Waals surface area contributed by atoms with Crippen molar-refractivity contribution in [3.63, 3.8) is 0 Å². The van der Waals surface area contributed by atoms with E-state index in [0.29, 0.717) is 13.2 Å². The maximum Gasteiger partial charge on any atom is 0.161 e. The molecule has 0 amide bonds. The molecule has 2 rings (SSSR count). The second-order valence-electron chi connectivity index (χ2n) is 5.67. The molecule has 4 nitrogen and oxygen atoms in total. The molecule has 4 heteroatoms. The third-order valence-electron chi connectivity index (χ3n) is 3.63. The highest BCUT2D eigenvalue weighted by Crippen LogP contribution is 2.32. The minimum absolute atomic E-state index is 0.00398. The topological polar surface area (TPSA) is 50.7 Å². The maximum atomic E-state index is 9.97. The van der Waals surface area contributed by atoms with Crippen LogP contribution in [0.3, 0.4) is 0 Å². The molecule has 0 aromatic heterocycles. The van der Waals surface area contributed by atoms with Crippen molar-refractivity contribution in [2.75, 3.05) is 13.2 Å². The van der Waals surface area contributed by atoms with Gasteiger partial charge in [0.05, 0.1) is 5.60 Å². The normalized spacial score (nSPS) is 17.9. The first kappa shape index (κ1) is 14.2. The molecule has 0 saturated heterocycles. The van der Waals surface area contributed by atoms with Gasteiger partial charge in [0.15, 0.2) is 11.5 Å². The Kier molecular flexibility index (Phi) is 4.02. The number of ether oxygens (including phenoxy) is 2. The molecule has 19 heavy (non-hydrogen) atoms. The average Bonchev–Trinajstić information content (AvgIpc) is 2.37. The van der Waals surface area contributed by atoms with Gasteiger partial charge in [-0.15, -0.1) is 0 Å². The van der Waals surface area contributed by atoms with Crippen molar-refractivity contribution in [1.29, 1.82) is 0 Å². The Morgan fingerprint density at radius 1 is 1.16 bits per heavy atom. The minimum atomic E-state index is -0.748. The van der Waals surface area contributed by atoms with Gasteiger partial charge in [-0.25, -0.2) is 0 Å². The van der Waals surface area contributed by atoms with Gasteiger partial charge in [0.2, 0.25) is 0 Å².